The molecule has 1 saturated carbocycles. The summed E-state index contributed by atoms with van der Waals surface area (Å²) in [5, 5.41) is 3.01. The quantitative estimate of drug-likeness (QED) is 0.758. The van der Waals surface area contributed by atoms with Crippen molar-refractivity contribution in [1.29, 1.82) is 0 Å². The fourth-order valence-electron chi connectivity index (χ4n) is 3.10. The second kappa shape index (κ2) is 9.22. The Labute approximate surface area is 161 Å². The molecule has 148 valence electrons. The van der Waals surface area contributed by atoms with Crippen LogP contribution >= 0.6 is 0 Å². The molecule has 0 atom stereocenters. The maximum absolute atomic E-state index is 12.7. The topological polar surface area (TPSA) is 61.9 Å². The van der Waals surface area contributed by atoms with Crippen LogP contribution in [0.4, 0.5) is 0 Å². The van der Waals surface area contributed by atoms with Crippen molar-refractivity contribution in [2.75, 3.05) is 39.3 Å². The fraction of sp³-hybridized carbons (Fsp3) is 0.619. The first-order valence-corrected chi connectivity index (χ1v) is 10.0. The summed E-state index contributed by atoms with van der Waals surface area (Å²) >= 11 is 0. The van der Waals surface area contributed by atoms with Gasteiger partial charge < -0.3 is 15.0 Å². The Hall–Kier alpha value is -2.08. The third kappa shape index (κ3) is 6.24. The Balaban J connectivity index is 1.42. The molecule has 2 amide bonds. The molecule has 1 aromatic carbocycles. The molecule has 1 heterocycles. The first-order valence-electron chi connectivity index (χ1n) is 10.0. The first kappa shape index (κ1) is 19.7. The minimum absolute atomic E-state index is 0.0470. The minimum atomic E-state index is 0.0470. The van der Waals surface area contributed by atoms with Gasteiger partial charge in [0.05, 0.1) is 13.2 Å². The van der Waals surface area contributed by atoms with Gasteiger partial charge in [0.2, 0.25) is 5.91 Å². The molecule has 1 saturated heterocycles. The third-order valence-corrected chi connectivity index (χ3v) is 5.03. The van der Waals surface area contributed by atoms with Crippen LogP contribution in [-0.2, 0) is 4.79 Å². The number of benzene rings is 1. The van der Waals surface area contributed by atoms with E-state index in [1.165, 1.54) is 0 Å². The van der Waals surface area contributed by atoms with Gasteiger partial charge in [-0.15, -0.1) is 0 Å². The zero-order chi connectivity index (χ0) is 19.2. The highest BCUT2D eigenvalue weighted by atomic mass is 16.5. The van der Waals surface area contributed by atoms with Crippen molar-refractivity contribution in [3.8, 4) is 5.75 Å². The molecule has 0 radical (unpaired) electrons. The third-order valence-electron chi connectivity index (χ3n) is 5.03. The largest absolute Gasteiger partial charge is 0.494 e. The first-order chi connectivity index (χ1) is 13.0. The number of hydrogen-bond donors (Lipinski definition) is 1. The molecule has 0 bridgehead atoms. The lowest BCUT2D eigenvalue weighted by Gasteiger charge is -2.34. The molecule has 1 aliphatic carbocycles. The molecular weight excluding hydrogens is 342 g/mol. The van der Waals surface area contributed by atoms with E-state index in [9.17, 15) is 9.59 Å². The van der Waals surface area contributed by atoms with Crippen LogP contribution < -0.4 is 10.1 Å². The average molecular weight is 373 g/mol. The van der Waals surface area contributed by atoms with Crippen molar-refractivity contribution in [3.05, 3.63) is 29.8 Å². The van der Waals surface area contributed by atoms with Crippen molar-refractivity contribution >= 4 is 11.8 Å². The molecule has 6 nitrogen and oxygen atoms in total. The van der Waals surface area contributed by atoms with E-state index in [4.69, 9.17) is 4.74 Å². The van der Waals surface area contributed by atoms with Crippen molar-refractivity contribution < 1.29 is 14.3 Å². The second-order valence-electron chi connectivity index (χ2n) is 7.97. The summed E-state index contributed by atoms with van der Waals surface area (Å²) in [5.41, 5.74) is 0.686. The molecule has 27 heavy (non-hydrogen) atoms. The summed E-state index contributed by atoms with van der Waals surface area (Å²) in [5.74, 6) is 1.57. The minimum Gasteiger partial charge on any atom is -0.494 e. The average Bonchev–Trinajstić information content (AvgIpc) is 3.46. The SMILES string of the molecule is CC(C)CCOc1ccc(C(=O)N2CCN(CC(=O)NC3CC3)CC2)cc1. The summed E-state index contributed by atoms with van der Waals surface area (Å²) in [6.07, 6.45) is 3.23. The number of carbonyl (C=O) groups is 2. The predicted octanol–water partition coefficient (Wildman–Crippen LogP) is 2.15. The maximum Gasteiger partial charge on any atom is 0.253 e. The number of nitrogens with one attached hydrogen (secondary N) is 1. The Kier molecular flexibility index (Phi) is 6.72. The summed E-state index contributed by atoms with van der Waals surface area (Å²) < 4.78 is 5.71. The van der Waals surface area contributed by atoms with Gasteiger partial charge in [0.15, 0.2) is 0 Å². The highest BCUT2D eigenvalue weighted by molar-refractivity contribution is 5.94. The lowest BCUT2D eigenvalue weighted by atomic mass is 10.1. The fourth-order valence-corrected chi connectivity index (χ4v) is 3.10. The van der Waals surface area contributed by atoms with E-state index >= 15 is 0 Å². The lowest BCUT2D eigenvalue weighted by Crippen LogP contribution is -2.51. The molecule has 1 aromatic rings. The maximum atomic E-state index is 12.7. The van der Waals surface area contributed by atoms with Crippen LogP contribution in [0.1, 0.15) is 43.5 Å². The van der Waals surface area contributed by atoms with E-state index in [2.05, 4.69) is 24.1 Å². The van der Waals surface area contributed by atoms with Crippen LogP contribution in [0.2, 0.25) is 0 Å². The summed E-state index contributed by atoms with van der Waals surface area (Å²) in [6.45, 7) is 8.25. The van der Waals surface area contributed by atoms with Crippen LogP contribution in [0.25, 0.3) is 0 Å². The Bertz CT molecular complexity index is 633. The molecule has 3 rings (SSSR count). The molecule has 1 aliphatic heterocycles. The van der Waals surface area contributed by atoms with Gasteiger partial charge >= 0.3 is 0 Å². The van der Waals surface area contributed by atoms with E-state index in [1.54, 1.807) is 0 Å². The summed E-state index contributed by atoms with van der Waals surface area (Å²) in [7, 11) is 0. The summed E-state index contributed by atoms with van der Waals surface area (Å²) in [4.78, 5) is 28.6. The van der Waals surface area contributed by atoms with Gasteiger partial charge in [0.1, 0.15) is 5.75 Å². The van der Waals surface area contributed by atoms with Gasteiger partial charge in [-0.25, -0.2) is 0 Å². The highest BCUT2D eigenvalue weighted by Crippen LogP contribution is 2.18. The van der Waals surface area contributed by atoms with Gasteiger partial charge in [0.25, 0.3) is 5.91 Å². The van der Waals surface area contributed by atoms with Crippen LogP contribution in [0.15, 0.2) is 24.3 Å². The zero-order valence-corrected chi connectivity index (χ0v) is 16.4. The normalized spacial score (nSPS) is 17.8. The number of hydrogen-bond acceptors (Lipinski definition) is 4. The van der Waals surface area contributed by atoms with E-state index in [0.717, 1.165) is 38.1 Å². The van der Waals surface area contributed by atoms with Crippen LogP contribution in [0, 0.1) is 5.92 Å². The number of rotatable bonds is 8. The Morgan fingerprint density at radius 2 is 1.78 bits per heavy atom. The number of nitrogens with zero attached hydrogens (tertiary/aromatic N) is 2. The zero-order valence-electron chi connectivity index (χ0n) is 16.4. The Morgan fingerprint density at radius 3 is 2.37 bits per heavy atom. The molecule has 1 N–H and O–H groups in total. The molecule has 6 heteroatoms. The molecule has 2 aliphatic rings. The number of ether oxygens (including phenoxy) is 1. The summed E-state index contributed by atoms with van der Waals surface area (Å²) in [6, 6.07) is 7.81. The van der Waals surface area contributed by atoms with Crippen molar-refractivity contribution in [1.82, 2.24) is 15.1 Å². The van der Waals surface area contributed by atoms with Crippen molar-refractivity contribution in [3.63, 3.8) is 0 Å². The Morgan fingerprint density at radius 1 is 1.11 bits per heavy atom. The molecule has 2 fully saturated rings. The van der Waals surface area contributed by atoms with Crippen LogP contribution in [0.5, 0.6) is 5.75 Å². The second-order valence-corrected chi connectivity index (χ2v) is 7.97. The number of piperazine rings is 1. The molecule has 0 spiro atoms. The van der Waals surface area contributed by atoms with Gasteiger partial charge in [-0.2, -0.15) is 0 Å². The van der Waals surface area contributed by atoms with E-state index in [1.807, 2.05) is 29.2 Å². The monoisotopic (exact) mass is 373 g/mol. The van der Waals surface area contributed by atoms with Gasteiger partial charge in [0, 0.05) is 37.8 Å². The van der Waals surface area contributed by atoms with E-state index < -0.39 is 0 Å². The van der Waals surface area contributed by atoms with Crippen LogP contribution in [0.3, 0.4) is 0 Å². The van der Waals surface area contributed by atoms with Gasteiger partial charge in [-0.1, -0.05) is 13.8 Å². The van der Waals surface area contributed by atoms with Crippen molar-refractivity contribution in [2.24, 2.45) is 5.92 Å². The number of carbonyl (C=O) groups excluding carboxylic acids is 2. The molecule has 0 unspecified atom stereocenters. The van der Waals surface area contributed by atoms with Gasteiger partial charge in [-0.05, 0) is 49.4 Å². The lowest BCUT2D eigenvalue weighted by molar-refractivity contribution is -0.122. The number of amides is 2. The smallest absolute Gasteiger partial charge is 0.253 e. The van der Waals surface area contributed by atoms with E-state index in [0.29, 0.717) is 43.8 Å². The molecular formula is C21H31N3O3. The predicted molar refractivity (Wildman–Crippen MR) is 105 cm³/mol. The van der Waals surface area contributed by atoms with Crippen LogP contribution in [-0.4, -0.2) is 67.0 Å². The van der Waals surface area contributed by atoms with Crippen molar-refractivity contribution in [2.45, 2.75) is 39.2 Å². The van der Waals surface area contributed by atoms with E-state index in [-0.39, 0.29) is 11.8 Å². The molecule has 0 aromatic heterocycles. The standard InChI is InChI=1S/C21H31N3O3/c1-16(2)9-14-27-19-7-3-17(4-8-19)21(26)24-12-10-23(11-13-24)15-20(25)22-18-5-6-18/h3-4,7-8,16,18H,5-6,9-15H2,1-2H3,(H,22,25). The van der Waals surface area contributed by atoms with Gasteiger partial charge in [-0.3, -0.25) is 14.5 Å². The highest BCUT2D eigenvalue weighted by Gasteiger charge is 2.26.